The van der Waals surface area contributed by atoms with Gasteiger partial charge in [-0.3, -0.25) is 14.4 Å². The van der Waals surface area contributed by atoms with Gasteiger partial charge >= 0.3 is 17.9 Å². The zero-order chi connectivity index (χ0) is 53.6. The maximum absolute atomic E-state index is 12.8. The average Bonchev–Trinajstić information content (AvgIpc) is 3.40. The summed E-state index contributed by atoms with van der Waals surface area (Å²) in [4.78, 5) is 37.9. The molecule has 0 aliphatic heterocycles. The van der Waals surface area contributed by atoms with Crippen LogP contribution in [0.15, 0.2) is 134 Å². The smallest absolute Gasteiger partial charge is 0.306 e. The molecule has 6 heteroatoms. The van der Waals surface area contributed by atoms with Crippen LogP contribution in [-0.4, -0.2) is 37.2 Å². The van der Waals surface area contributed by atoms with Gasteiger partial charge in [0.1, 0.15) is 13.2 Å². The standard InChI is InChI=1S/C68H110O6/c1-4-7-10-13-16-18-20-22-24-26-28-30-31-32-33-34-35-36-37-39-40-42-44-46-48-50-52-55-58-61-67(70)73-64-65(63-72-66(69)60-57-54-15-12-9-6-3)74-68(71)62-59-56-53-51-49-47-45-43-41-38-29-27-25-23-21-19-17-14-11-8-5-2/h7,10,16,18,21-24,27-30,32-33,35-36,39-41,43-44,46,65H,4-6,8-9,11-15,17,19-20,25-26,31,34,37-38,42,45,47-64H2,1-3H3/b10-7-,18-16-,23-21-,24-22-,29-27-,30-28-,33-32-,36-35-,40-39-,43-41-,46-44-. The van der Waals surface area contributed by atoms with Crippen molar-refractivity contribution < 1.29 is 28.6 Å². The summed E-state index contributed by atoms with van der Waals surface area (Å²) in [6.07, 6.45) is 86.2. The summed E-state index contributed by atoms with van der Waals surface area (Å²) in [7, 11) is 0. The van der Waals surface area contributed by atoms with E-state index in [1.807, 2.05) is 0 Å². The number of allylic oxidation sites excluding steroid dienone is 22. The van der Waals surface area contributed by atoms with Gasteiger partial charge in [0.25, 0.3) is 0 Å². The molecule has 0 aromatic carbocycles. The molecule has 1 unspecified atom stereocenters. The fourth-order valence-electron chi connectivity index (χ4n) is 7.88. The van der Waals surface area contributed by atoms with Crippen molar-refractivity contribution in [3.8, 4) is 0 Å². The van der Waals surface area contributed by atoms with Crippen molar-refractivity contribution in [2.45, 2.75) is 264 Å². The van der Waals surface area contributed by atoms with Crippen molar-refractivity contribution in [2.24, 2.45) is 0 Å². The minimum atomic E-state index is -0.798. The van der Waals surface area contributed by atoms with Gasteiger partial charge in [0.15, 0.2) is 6.10 Å². The number of rotatable bonds is 53. The highest BCUT2D eigenvalue weighted by atomic mass is 16.6. The molecule has 418 valence electrons. The van der Waals surface area contributed by atoms with E-state index in [2.05, 4.69) is 154 Å². The second-order valence-corrected chi connectivity index (χ2v) is 19.5. The highest BCUT2D eigenvalue weighted by Gasteiger charge is 2.19. The van der Waals surface area contributed by atoms with Gasteiger partial charge in [0.05, 0.1) is 0 Å². The molecule has 0 rings (SSSR count). The first-order valence-electron chi connectivity index (χ1n) is 30.2. The molecule has 74 heavy (non-hydrogen) atoms. The predicted octanol–water partition coefficient (Wildman–Crippen LogP) is 20.6. The van der Waals surface area contributed by atoms with E-state index in [0.717, 1.165) is 148 Å². The fraction of sp³-hybridized carbons (Fsp3) is 0.632. The van der Waals surface area contributed by atoms with Gasteiger partial charge in [-0.15, -0.1) is 0 Å². The third-order valence-corrected chi connectivity index (χ3v) is 12.4. The summed E-state index contributed by atoms with van der Waals surface area (Å²) in [5.41, 5.74) is 0. The SMILES string of the molecule is CC/C=C\C/C=C\C/C=C\C/C=C\C/C=C\C/C=C\C/C=C\C/C=C\CCCCCCC(=O)OCC(COC(=O)CCCCCCCC)OC(=O)CCCCCCCC/C=C\C/C=C\C/C=C\CCCCCCC. The molecule has 0 aromatic rings. The van der Waals surface area contributed by atoms with E-state index in [4.69, 9.17) is 14.2 Å². The van der Waals surface area contributed by atoms with Crippen LogP contribution in [-0.2, 0) is 28.6 Å². The maximum Gasteiger partial charge on any atom is 0.306 e. The number of hydrogen-bond donors (Lipinski definition) is 0. The number of carbonyl (C=O) groups is 3. The third kappa shape index (κ3) is 58.4. The van der Waals surface area contributed by atoms with Gasteiger partial charge in [-0.2, -0.15) is 0 Å². The van der Waals surface area contributed by atoms with Gasteiger partial charge in [-0.25, -0.2) is 0 Å². The zero-order valence-electron chi connectivity index (χ0n) is 47.8. The molecule has 0 saturated heterocycles. The summed E-state index contributed by atoms with van der Waals surface area (Å²) < 4.78 is 16.7. The molecular formula is C68H110O6. The van der Waals surface area contributed by atoms with Crippen LogP contribution < -0.4 is 0 Å². The van der Waals surface area contributed by atoms with Crippen LogP contribution in [0.5, 0.6) is 0 Å². The van der Waals surface area contributed by atoms with Crippen LogP contribution in [0.25, 0.3) is 0 Å². The van der Waals surface area contributed by atoms with E-state index in [0.29, 0.717) is 19.3 Å². The Bertz CT molecular complexity index is 1600. The summed E-state index contributed by atoms with van der Waals surface area (Å²) in [6.45, 7) is 6.41. The zero-order valence-corrected chi connectivity index (χ0v) is 47.8. The molecule has 0 bridgehead atoms. The number of ether oxygens (including phenoxy) is 3. The Labute approximate surface area is 455 Å². The lowest BCUT2D eigenvalue weighted by Gasteiger charge is -2.18. The van der Waals surface area contributed by atoms with Gasteiger partial charge in [-0.1, -0.05) is 251 Å². The van der Waals surface area contributed by atoms with Crippen molar-refractivity contribution in [2.75, 3.05) is 13.2 Å². The van der Waals surface area contributed by atoms with Crippen LogP contribution in [0.2, 0.25) is 0 Å². The second kappa shape index (κ2) is 61.1. The van der Waals surface area contributed by atoms with Crippen LogP contribution >= 0.6 is 0 Å². The Morgan fingerprint density at radius 1 is 0.284 bits per heavy atom. The molecule has 0 amide bonds. The average molecular weight is 1020 g/mol. The number of unbranched alkanes of at least 4 members (excludes halogenated alkanes) is 20. The normalized spacial score (nSPS) is 13.1. The molecule has 6 nitrogen and oxygen atoms in total. The Morgan fingerprint density at radius 2 is 0.527 bits per heavy atom. The number of esters is 3. The molecule has 0 fully saturated rings. The lowest BCUT2D eigenvalue weighted by atomic mass is 10.1. The lowest BCUT2D eigenvalue weighted by molar-refractivity contribution is -0.167. The van der Waals surface area contributed by atoms with Gasteiger partial charge < -0.3 is 14.2 Å². The minimum absolute atomic E-state index is 0.0954. The monoisotopic (exact) mass is 1020 g/mol. The van der Waals surface area contributed by atoms with Gasteiger partial charge in [-0.05, 0) is 122 Å². The van der Waals surface area contributed by atoms with Crippen molar-refractivity contribution in [1.29, 1.82) is 0 Å². The summed E-state index contributed by atoms with van der Waals surface area (Å²) in [6, 6.07) is 0. The van der Waals surface area contributed by atoms with E-state index >= 15 is 0 Å². The summed E-state index contributed by atoms with van der Waals surface area (Å²) >= 11 is 0. The molecule has 0 saturated carbocycles. The van der Waals surface area contributed by atoms with Gasteiger partial charge in [0, 0.05) is 19.3 Å². The first-order valence-corrected chi connectivity index (χ1v) is 30.2. The maximum atomic E-state index is 12.8. The first-order chi connectivity index (χ1) is 36.5. The molecule has 0 N–H and O–H groups in total. The molecule has 0 aliphatic rings. The first kappa shape index (κ1) is 69.5. The Kier molecular flexibility index (Phi) is 57.4. The fourth-order valence-corrected chi connectivity index (χ4v) is 7.88. The van der Waals surface area contributed by atoms with E-state index in [9.17, 15) is 14.4 Å². The third-order valence-electron chi connectivity index (χ3n) is 12.4. The van der Waals surface area contributed by atoms with E-state index in [1.165, 1.54) is 70.6 Å². The molecule has 0 radical (unpaired) electrons. The van der Waals surface area contributed by atoms with Crippen molar-refractivity contribution in [3.63, 3.8) is 0 Å². The van der Waals surface area contributed by atoms with E-state index in [1.54, 1.807) is 0 Å². The lowest BCUT2D eigenvalue weighted by Crippen LogP contribution is -2.30. The quantitative estimate of drug-likeness (QED) is 0.0261. The molecular weight excluding hydrogens is 913 g/mol. The molecule has 1 atom stereocenters. The Balaban J connectivity index is 4.25. The topological polar surface area (TPSA) is 78.9 Å². The largest absolute Gasteiger partial charge is 0.462 e. The Morgan fingerprint density at radius 3 is 0.824 bits per heavy atom. The molecule has 0 heterocycles. The second-order valence-electron chi connectivity index (χ2n) is 19.5. The van der Waals surface area contributed by atoms with Gasteiger partial charge in [0.2, 0.25) is 0 Å². The van der Waals surface area contributed by atoms with Crippen molar-refractivity contribution >= 4 is 17.9 Å². The van der Waals surface area contributed by atoms with E-state index < -0.39 is 6.10 Å². The van der Waals surface area contributed by atoms with Crippen molar-refractivity contribution in [1.82, 2.24) is 0 Å². The highest BCUT2D eigenvalue weighted by Crippen LogP contribution is 2.13. The highest BCUT2D eigenvalue weighted by molar-refractivity contribution is 5.71. The molecule has 0 aliphatic carbocycles. The van der Waals surface area contributed by atoms with Crippen LogP contribution in [0.3, 0.4) is 0 Å². The molecule has 0 aromatic heterocycles. The van der Waals surface area contributed by atoms with E-state index in [-0.39, 0.29) is 31.1 Å². The number of hydrogen-bond acceptors (Lipinski definition) is 6. The van der Waals surface area contributed by atoms with Crippen LogP contribution in [0.4, 0.5) is 0 Å². The van der Waals surface area contributed by atoms with Crippen LogP contribution in [0, 0.1) is 0 Å². The number of carbonyl (C=O) groups excluding carboxylic acids is 3. The van der Waals surface area contributed by atoms with Crippen LogP contribution in [0.1, 0.15) is 258 Å². The minimum Gasteiger partial charge on any atom is -0.462 e. The van der Waals surface area contributed by atoms with Crippen molar-refractivity contribution in [3.05, 3.63) is 134 Å². The summed E-state index contributed by atoms with van der Waals surface area (Å²) in [5.74, 6) is -0.947. The molecule has 0 spiro atoms. The summed E-state index contributed by atoms with van der Waals surface area (Å²) in [5, 5.41) is 0. The Hall–Kier alpha value is -4.45. The predicted molar refractivity (Wildman–Crippen MR) is 320 cm³/mol.